The van der Waals surface area contributed by atoms with Gasteiger partial charge in [0.15, 0.2) is 11.6 Å². The molecule has 0 unspecified atom stereocenters. The second-order valence-electron chi connectivity index (χ2n) is 6.05. The van der Waals surface area contributed by atoms with Crippen molar-refractivity contribution in [3.63, 3.8) is 0 Å². The molecule has 0 aliphatic carbocycles. The number of nitrogens with one attached hydrogen (secondary N) is 1. The van der Waals surface area contributed by atoms with Crippen LogP contribution in [0.1, 0.15) is 48.0 Å². The first-order valence-corrected chi connectivity index (χ1v) is 9.18. The highest BCUT2D eigenvalue weighted by Crippen LogP contribution is 2.32. The van der Waals surface area contributed by atoms with E-state index in [-0.39, 0.29) is 16.3 Å². The number of ether oxygens (including phenoxy) is 1. The quantitative estimate of drug-likeness (QED) is 0.562. The molecular weight excluding hydrogens is 353 g/mol. The van der Waals surface area contributed by atoms with Gasteiger partial charge in [0.1, 0.15) is 5.75 Å². The fourth-order valence-corrected chi connectivity index (χ4v) is 3.41. The van der Waals surface area contributed by atoms with Gasteiger partial charge in [-0.3, -0.25) is 4.79 Å². The smallest absolute Gasteiger partial charge is 0.195 e. The van der Waals surface area contributed by atoms with Gasteiger partial charge in [0, 0.05) is 16.6 Å². The van der Waals surface area contributed by atoms with Crippen LogP contribution in [0.2, 0.25) is 5.02 Å². The predicted octanol–water partition coefficient (Wildman–Crippen LogP) is 5.71. The number of ketones is 1. The van der Waals surface area contributed by atoms with Crippen molar-refractivity contribution in [2.75, 3.05) is 6.61 Å². The molecule has 0 atom stereocenters. The summed E-state index contributed by atoms with van der Waals surface area (Å²) in [7, 11) is 0. The van der Waals surface area contributed by atoms with E-state index >= 15 is 0 Å². The predicted molar refractivity (Wildman–Crippen MR) is 103 cm³/mol. The molecule has 1 aromatic heterocycles. The van der Waals surface area contributed by atoms with Gasteiger partial charge < -0.3 is 9.72 Å². The molecule has 1 N–H and O–H groups in total. The molecule has 1 heterocycles. The van der Waals surface area contributed by atoms with Crippen molar-refractivity contribution < 1.29 is 13.9 Å². The molecule has 0 spiro atoms. The van der Waals surface area contributed by atoms with Crippen LogP contribution < -0.4 is 4.74 Å². The Hall–Kier alpha value is -2.33. The first-order valence-electron chi connectivity index (χ1n) is 8.80. The van der Waals surface area contributed by atoms with E-state index in [2.05, 4.69) is 4.98 Å². The van der Waals surface area contributed by atoms with E-state index in [1.165, 1.54) is 6.07 Å². The van der Waals surface area contributed by atoms with Crippen LogP contribution >= 0.6 is 11.6 Å². The summed E-state index contributed by atoms with van der Waals surface area (Å²) in [5.74, 6) is 0.100. The first kappa shape index (κ1) is 18.5. The zero-order valence-corrected chi connectivity index (χ0v) is 15.8. The highest BCUT2D eigenvalue weighted by molar-refractivity contribution is 6.31. The minimum absolute atomic E-state index is 0.0377. The Morgan fingerprint density at radius 3 is 2.58 bits per heavy atom. The molecule has 5 heteroatoms. The number of hydrogen-bond donors (Lipinski definition) is 1. The van der Waals surface area contributed by atoms with Crippen LogP contribution in [0.25, 0.3) is 10.9 Å². The third kappa shape index (κ3) is 3.10. The number of benzene rings is 2. The summed E-state index contributed by atoms with van der Waals surface area (Å²) < 4.78 is 19.9. The number of hydrogen-bond acceptors (Lipinski definition) is 2. The first-order chi connectivity index (χ1) is 12.5. The lowest BCUT2D eigenvalue weighted by Crippen LogP contribution is -2.08. The average molecular weight is 374 g/mol. The van der Waals surface area contributed by atoms with E-state index < -0.39 is 5.82 Å². The van der Waals surface area contributed by atoms with Crippen LogP contribution in [0.3, 0.4) is 0 Å². The van der Waals surface area contributed by atoms with Crippen LogP contribution in [-0.2, 0) is 12.8 Å². The van der Waals surface area contributed by atoms with Gasteiger partial charge in [0.2, 0.25) is 0 Å². The van der Waals surface area contributed by atoms with Gasteiger partial charge >= 0.3 is 0 Å². The molecule has 0 aliphatic rings. The number of rotatable bonds is 6. The summed E-state index contributed by atoms with van der Waals surface area (Å²) in [6.45, 7) is 6.42. The maximum atomic E-state index is 14.4. The number of H-pyrrole nitrogens is 1. The highest BCUT2D eigenvalue weighted by atomic mass is 35.5. The summed E-state index contributed by atoms with van der Waals surface area (Å²) in [5, 5.41) is 0.598. The Morgan fingerprint density at radius 2 is 1.92 bits per heavy atom. The molecule has 136 valence electrons. The second-order valence-corrected chi connectivity index (χ2v) is 6.46. The average Bonchev–Trinajstić information content (AvgIpc) is 3.03. The Bertz CT molecular complexity index is 978. The Balaban J connectivity index is 2.18. The Kier molecular flexibility index (Phi) is 5.33. The standard InChI is InChI=1S/C21H21ClFNO2/c1-4-12-11-13(26-6-3)7-8-14(12)21(25)18-15-9-10-16(22)19(23)20(15)24-17(18)5-2/h7-11,24H,4-6H2,1-3H3. The number of carbonyl (C=O) groups is 1. The number of carbonyl (C=O) groups excluding carboxylic acids is 1. The van der Waals surface area contributed by atoms with E-state index in [1.807, 2.05) is 26.8 Å². The molecule has 3 rings (SSSR count). The fraction of sp³-hybridized carbons (Fsp3) is 0.286. The van der Waals surface area contributed by atoms with Crippen molar-refractivity contribution in [3.05, 3.63) is 63.6 Å². The summed E-state index contributed by atoms with van der Waals surface area (Å²) in [5.41, 5.74) is 3.02. The summed E-state index contributed by atoms with van der Waals surface area (Å²) in [6.07, 6.45) is 1.29. The maximum Gasteiger partial charge on any atom is 0.195 e. The van der Waals surface area contributed by atoms with Crippen molar-refractivity contribution in [2.45, 2.75) is 33.6 Å². The number of aromatic nitrogens is 1. The van der Waals surface area contributed by atoms with Crippen molar-refractivity contribution in [1.82, 2.24) is 4.98 Å². The van der Waals surface area contributed by atoms with Crippen LogP contribution in [0.5, 0.6) is 5.75 Å². The zero-order valence-electron chi connectivity index (χ0n) is 15.1. The third-order valence-electron chi connectivity index (χ3n) is 4.54. The molecule has 0 bridgehead atoms. The third-order valence-corrected chi connectivity index (χ3v) is 4.83. The van der Waals surface area contributed by atoms with Gasteiger partial charge in [-0.05, 0) is 49.6 Å². The van der Waals surface area contributed by atoms with E-state index in [0.717, 1.165) is 11.3 Å². The molecule has 26 heavy (non-hydrogen) atoms. The van der Waals surface area contributed by atoms with Crippen LogP contribution in [0.15, 0.2) is 30.3 Å². The van der Waals surface area contributed by atoms with Crippen molar-refractivity contribution in [1.29, 1.82) is 0 Å². The molecule has 0 radical (unpaired) electrons. The van der Waals surface area contributed by atoms with Gasteiger partial charge in [-0.25, -0.2) is 4.39 Å². The van der Waals surface area contributed by atoms with Gasteiger partial charge in [-0.1, -0.05) is 31.5 Å². The Morgan fingerprint density at radius 1 is 1.15 bits per heavy atom. The molecule has 0 aliphatic heterocycles. The molecular formula is C21H21ClFNO2. The van der Waals surface area contributed by atoms with Crippen molar-refractivity contribution >= 4 is 28.3 Å². The highest BCUT2D eigenvalue weighted by Gasteiger charge is 2.23. The van der Waals surface area contributed by atoms with Crippen molar-refractivity contribution in [2.24, 2.45) is 0 Å². The molecule has 0 amide bonds. The lowest BCUT2D eigenvalue weighted by atomic mass is 9.94. The molecule has 0 saturated heterocycles. The number of halogens is 2. The lowest BCUT2D eigenvalue weighted by molar-refractivity contribution is 0.103. The van der Waals surface area contributed by atoms with Gasteiger partial charge in [0.25, 0.3) is 0 Å². The monoisotopic (exact) mass is 373 g/mol. The van der Waals surface area contributed by atoms with Crippen molar-refractivity contribution in [3.8, 4) is 5.75 Å². The normalized spacial score (nSPS) is 11.1. The number of aromatic amines is 1. The summed E-state index contributed by atoms with van der Waals surface area (Å²) in [4.78, 5) is 16.4. The molecule has 2 aromatic carbocycles. The van der Waals surface area contributed by atoms with E-state index in [4.69, 9.17) is 16.3 Å². The molecule has 0 fully saturated rings. The maximum absolute atomic E-state index is 14.4. The topological polar surface area (TPSA) is 42.1 Å². The molecule has 3 nitrogen and oxygen atoms in total. The summed E-state index contributed by atoms with van der Waals surface area (Å²) in [6, 6.07) is 8.67. The van der Waals surface area contributed by atoms with Gasteiger partial charge in [-0.2, -0.15) is 0 Å². The minimum atomic E-state index is -0.527. The second kappa shape index (κ2) is 7.50. The molecule has 0 saturated carbocycles. The van der Waals surface area contributed by atoms with Crippen LogP contribution in [0, 0.1) is 5.82 Å². The van der Waals surface area contributed by atoms with E-state index in [0.29, 0.717) is 41.7 Å². The van der Waals surface area contributed by atoms with E-state index in [9.17, 15) is 9.18 Å². The van der Waals surface area contributed by atoms with E-state index in [1.54, 1.807) is 18.2 Å². The largest absolute Gasteiger partial charge is 0.494 e. The molecule has 3 aromatic rings. The van der Waals surface area contributed by atoms with Crippen LogP contribution in [-0.4, -0.2) is 17.4 Å². The Labute approximate surface area is 157 Å². The number of fused-ring (bicyclic) bond motifs is 1. The SMILES string of the molecule is CCOc1ccc(C(=O)c2c(CC)[nH]c3c(F)c(Cl)ccc23)c(CC)c1. The summed E-state index contributed by atoms with van der Waals surface area (Å²) >= 11 is 5.89. The van der Waals surface area contributed by atoms with Gasteiger partial charge in [0.05, 0.1) is 22.7 Å². The zero-order chi connectivity index (χ0) is 18.8. The van der Waals surface area contributed by atoms with Crippen LogP contribution in [0.4, 0.5) is 4.39 Å². The number of aryl methyl sites for hydroxylation is 2. The van der Waals surface area contributed by atoms with Gasteiger partial charge in [-0.15, -0.1) is 0 Å². The lowest BCUT2D eigenvalue weighted by Gasteiger charge is -2.11. The fourth-order valence-electron chi connectivity index (χ4n) is 3.26. The minimum Gasteiger partial charge on any atom is -0.494 e.